The van der Waals surface area contributed by atoms with E-state index in [2.05, 4.69) is 10.6 Å². The lowest BCUT2D eigenvalue weighted by molar-refractivity contribution is -0.139. The van der Waals surface area contributed by atoms with E-state index in [9.17, 15) is 14.4 Å². The van der Waals surface area contributed by atoms with E-state index in [1.165, 1.54) is 4.90 Å². The largest absolute Gasteiger partial charge is 0.480 e. The molecule has 1 unspecified atom stereocenters. The maximum Gasteiger partial charge on any atom is 0.326 e. The monoisotopic (exact) mass is 271 g/mol. The van der Waals surface area contributed by atoms with Crippen molar-refractivity contribution in [3.05, 3.63) is 0 Å². The van der Waals surface area contributed by atoms with Crippen LogP contribution in [0.5, 0.6) is 0 Å². The molecule has 1 atom stereocenters. The molecule has 1 aliphatic heterocycles. The van der Waals surface area contributed by atoms with E-state index < -0.39 is 18.0 Å². The second-order valence-corrected chi connectivity index (χ2v) is 5.06. The van der Waals surface area contributed by atoms with E-state index in [0.29, 0.717) is 26.1 Å². The van der Waals surface area contributed by atoms with Crippen molar-refractivity contribution in [2.45, 2.75) is 32.7 Å². The first-order chi connectivity index (χ1) is 8.90. The third-order valence-corrected chi connectivity index (χ3v) is 2.90. The fourth-order valence-corrected chi connectivity index (χ4v) is 1.90. The highest BCUT2D eigenvalue weighted by atomic mass is 16.4. The molecule has 7 heteroatoms. The number of rotatable bonds is 4. The van der Waals surface area contributed by atoms with E-state index in [0.717, 1.165) is 0 Å². The number of urea groups is 1. The molecule has 0 radical (unpaired) electrons. The topological polar surface area (TPSA) is 98.7 Å². The first-order valence-electron chi connectivity index (χ1n) is 6.45. The quantitative estimate of drug-likeness (QED) is 0.671. The molecule has 3 amide bonds. The van der Waals surface area contributed by atoms with E-state index in [1.54, 1.807) is 0 Å². The second-order valence-electron chi connectivity index (χ2n) is 5.06. The van der Waals surface area contributed by atoms with Gasteiger partial charge >= 0.3 is 12.0 Å². The number of carboxylic acid groups (broad SMARTS) is 1. The van der Waals surface area contributed by atoms with Gasteiger partial charge < -0.3 is 20.6 Å². The van der Waals surface area contributed by atoms with Gasteiger partial charge in [-0.15, -0.1) is 0 Å². The van der Waals surface area contributed by atoms with Gasteiger partial charge in [-0.25, -0.2) is 9.59 Å². The van der Waals surface area contributed by atoms with Gasteiger partial charge in [0.05, 0.1) is 0 Å². The van der Waals surface area contributed by atoms with Gasteiger partial charge in [0, 0.05) is 26.1 Å². The summed E-state index contributed by atoms with van der Waals surface area (Å²) in [4.78, 5) is 35.7. The predicted octanol–water partition coefficient (Wildman–Crippen LogP) is 0.0172. The molecule has 3 N–H and O–H groups in total. The van der Waals surface area contributed by atoms with Gasteiger partial charge in [-0.1, -0.05) is 13.8 Å². The van der Waals surface area contributed by atoms with Crippen LogP contribution in [-0.4, -0.2) is 53.6 Å². The van der Waals surface area contributed by atoms with Crippen molar-refractivity contribution in [2.75, 3.05) is 19.6 Å². The summed E-state index contributed by atoms with van der Waals surface area (Å²) in [5, 5.41) is 14.2. The summed E-state index contributed by atoms with van der Waals surface area (Å²) >= 11 is 0. The van der Waals surface area contributed by atoms with Gasteiger partial charge in [-0.3, -0.25) is 4.79 Å². The Hall–Kier alpha value is -1.79. The summed E-state index contributed by atoms with van der Waals surface area (Å²) in [5.41, 5.74) is 0. The van der Waals surface area contributed by atoms with E-state index in [4.69, 9.17) is 5.11 Å². The molecule has 1 saturated heterocycles. The van der Waals surface area contributed by atoms with Crippen molar-refractivity contribution in [1.82, 2.24) is 15.5 Å². The van der Waals surface area contributed by atoms with Crippen molar-refractivity contribution in [1.29, 1.82) is 0 Å². The average Bonchev–Trinajstić information content (AvgIpc) is 2.52. The summed E-state index contributed by atoms with van der Waals surface area (Å²) in [5.74, 6) is -0.952. The minimum absolute atomic E-state index is 0.0905. The number of aliphatic carboxylic acids is 1. The molecule has 0 bridgehead atoms. The Morgan fingerprint density at radius 1 is 1.42 bits per heavy atom. The number of carbonyl (C=O) groups is 3. The zero-order chi connectivity index (χ0) is 14.4. The Morgan fingerprint density at radius 2 is 2.11 bits per heavy atom. The molecule has 0 aromatic carbocycles. The zero-order valence-corrected chi connectivity index (χ0v) is 11.3. The van der Waals surface area contributed by atoms with Crippen LogP contribution in [0, 0.1) is 5.92 Å². The molecule has 1 heterocycles. The molecule has 1 rings (SSSR count). The van der Waals surface area contributed by atoms with Crippen molar-refractivity contribution in [3.8, 4) is 0 Å². The molecule has 1 fully saturated rings. The summed E-state index contributed by atoms with van der Waals surface area (Å²) in [6, 6.07) is -1.32. The van der Waals surface area contributed by atoms with Gasteiger partial charge in [0.1, 0.15) is 6.04 Å². The number of hydrogen-bond donors (Lipinski definition) is 3. The standard InChI is InChI=1S/C12H21N3O4/c1-8(2)7-9(11(17)18)14-12(19)15-5-3-10(16)13-4-6-15/h8-9H,3-7H2,1-2H3,(H,13,16)(H,14,19)(H,17,18). The fourth-order valence-electron chi connectivity index (χ4n) is 1.90. The van der Waals surface area contributed by atoms with Crippen LogP contribution in [0.4, 0.5) is 4.79 Å². The minimum Gasteiger partial charge on any atom is -0.480 e. The van der Waals surface area contributed by atoms with Crippen LogP contribution in [0.25, 0.3) is 0 Å². The molecule has 7 nitrogen and oxygen atoms in total. The van der Waals surface area contributed by atoms with Gasteiger partial charge in [0.25, 0.3) is 0 Å². The van der Waals surface area contributed by atoms with Crippen molar-refractivity contribution in [3.63, 3.8) is 0 Å². The minimum atomic E-state index is -1.04. The lowest BCUT2D eigenvalue weighted by atomic mass is 10.0. The van der Waals surface area contributed by atoms with Crippen molar-refractivity contribution < 1.29 is 19.5 Å². The van der Waals surface area contributed by atoms with Gasteiger partial charge in [-0.2, -0.15) is 0 Å². The maximum atomic E-state index is 12.0. The predicted molar refractivity (Wildman–Crippen MR) is 68.6 cm³/mol. The summed E-state index contributed by atoms with van der Waals surface area (Å²) < 4.78 is 0. The lowest BCUT2D eigenvalue weighted by Gasteiger charge is -2.23. The van der Waals surface area contributed by atoms with Crippen LogP contribution in [0.3, 0.4) is 0 Å². The molecule has 0 aliphatic carbocycles. The van der Waals surface area contributed by atoms with Crippen LogP contribution < -0.4 is 10.6 Å². The molecule has 0 spiro atoms. The van der Waals surface area contributed by atoms with E-state index in [1.807, 2.05) is 13.8 Å². The Balaban J connectivity index is 2.55. The van der Waals surface area contributed by atoms with Crippen LogP contribution in [0.2, 0.25) is 0 Å². The Kier molecular flexibility index (Phi) is 5.59. The van der Waals surface area contributed by atoms with Gasteiger partial charge in [0.15, 0.2) is 0 Å². The molecule has 108 valence electrons. The number of nitrogens with one attached hydrogen (secondary N) is 2. The highest BCUT2D eigenvalue weighted by Crippen LogP contribution is 2.06. The number of carboxylic acids is 1. The smallest absolute Gasteiger partial charge is 0.326 e. The Bertz CT molecular complexity index is 357. The lowest BCUT2D eigenvalue weighted by Crippen LogP contribution is -2.49. The van der Waals surface area contributed by atoms with Crippen LogP contribution in [-0.2, 0) is 9.59 Å². The first kappa shape index (κ1) is 15.3. The second kappa shape index (κ2) is 6.96. The maximum absolute atomic E-state index is 12.0. The Morgan fingerprint density at radius 3 is 2.68 bits per heavy atom. The fraction of sp³-hybridized carbons (Fsp3) is 0.750. The number of amides is 3. The zero-order valence-electron chi connectivity index (χ0n) is 11.3. The van der Waals surface area contributed by atoms with Crippen molar-refractivity contribution >= 4 is 17.9 Å². The van der Waals surface area contributed by atoms with E-state index in [-0.39, 0.29) is 18.2 Å². The molecule has 0 aromatic rings. The molecule has 19 heavy (non-hydrogen) atoms. The number of nitrogens with zero attached hydrogens (tertiary/aromatic N) is 1. The Labute approximate surface area is 112 Å². The van der Waals surface area contributed by atoms with E-state index >= 15 is 0 Å². The normalized spacial score (nSPS) is 17.6. The summed E-state index contributed by atoms with van der Waals surface area (Å²) in [7, 11) is 0. The molecular formula is C12H21N3O4. The molecule has 1 aliphatic rings. The van der Waals surface area contributed by atoms with Gasteiger partial charge in [-0.05, 0) is 12.3 Å². The average molecular weight is 271 g/mol. The summed E-state index contributed by atoms with van der Waals surface area (Å²) in [6.07, 6.45) is 0.626. The number of hydrogen-bond acceptors (Lipinski definition) is 3. The third-order valence-electron chi connectivity index (χ3n) is 2.90. The SMILES string of the molecule is CC(C)CC(NC(=O)N1CCNC(=O)CC1)C(=O)O. The third kappa shape index (κ3) is 5.15. The van der Waals surface area contributed by atoms with Gasteiger partial charge in [0.2, 0.25) is 5.91 Å². The molecule has 0 saturated carbocycles. The highest BCUT2D eigenvalue weighted by Gasteiger charge is 2.25. The van der Waals surface area contributed by atoms with Crippen molar-refractivity contribution in [2.24, 2.45) is 5.92 Å². The molecular weight excluding hydrogens is 250 g/mol. The van der Waals surface area contributed by atoms with Crippen LogP contribution >= 0.6 is 0 Å². The molecule has 0 aromatic heterocycles. The van der Waals surface area contributed by atoms with Crippen LogP contribution in [0.15, 0.2) is 0 Å². The van der Waals surface area contributed by atoms with Crippen LogP contribution in [0.1, 0.15) is 26.7 Å². The highest BCUT2D eigenvalue weighted by molar-refractivity contribution is 5.83. The summed E-state index contributed by atoms with van der Waals surface area (Å²) in [6.45, 7) is 4.90. The first-order valence-corrected chi connectivity index (χ1v) is 6.45. The number of carbonyl (C=O) groups excluding carboxylic acids is 2.